The maximum Gasteiger partial charge on any atom is 0.124 e. The highest BCUT2D eigenvalue weighted by Crippen LogP contribution is 2.22. The topological polar surface area (TPSA) is 21.3 Å². The van der Waals surface area contributed by atoms with Gasteiger partial charge in [-0.3, -0.25) is 0 Å². The molecule has 0 radical (unpaired) electrons. The van der Waals surface area contributed by atoms with Gasteiger partial charge in [-0.1, -0.05) is 67.6 Å². The monoisotopic (exact) mass is 343 g/mol. The van der Waals surface area contributed by atoms with E-state index >= 15 is 0 Å². The normalized spacial score (nSPS) is 15.9. The Hall–Kier alpha value is -1.51. The molecule has 0 aliphatic heterocycles. The lowest BCUT2D eigenvalue weighted by molar-refractivity contribution is 0.301. The summed E-state index contributed by atoms with van der Waals surface area (Å²) in [5.74, 6) is 0.957. The average molecular weight is 344 g/mol. The van der Waals surface area contributed by atoms with Crippen molar-refractivity contribution in [2.75, 3.05) is 0 Å². The number of halogens is 1. The third-order valence-corrected chi connectivity index (χ3v) is 4.93. The van der Waals surface area contributed by atoms with Crippen molar-refractivity contribution >= 4 is 11.6 Å². The van der Waals surface area contributed by atoms with Crippen LogP contribution in [0.1, 0.15) is 49.7 Å². The van der Waals surface area contributed by atoms with Crippen molar-refractivity contribution in [2.24, 2.45) is 0 Å². The molecule has 2 aromatic rings. The number of benzene rings is 2. The molecular formula is C21H26ClNO. The van der Waals surface area contributed by atoms with Crippen molar-refractivity contribution in [2.45, 2.75) is 57.7 Å². The SMILES string of the molecule is Clc1cccc(COc2ccccc2CNC2CCCCCC2)c1. The molecule has 24 heavy (non-hydrogen) atoms. The predicted octanol–water partition coefficient (Wildman–Crippen LogP) is 5.73. The fraction of sp³-hybridized carbons (Fsp3) is 0.429. The molecule has 0 bridgehead atoms. The van der Waals surface area contributed by atoms with Gasteiger partial charge in [-0.25, -0.2) is 0 Å². The fourth-order valence-corrected chi connectivity index (χ4v) is 3.53. The van der Waals surface area contributed by atoms with E-state index in [9.17, 15) is 0 Å². The molecule has 0 amide bonds. The van der Waals surface area contributed by atoms with Crippen LogP contribution in [0.25, 0.3) is 0 Å². The van der Waals surface area contributed by atoms with E-state index in [1.165, 1.54) is 44.1 Å². The van der Waals surface area contributed by atoms with Gasteiger partial charge in [-0.15, -0.1) is 0 Å². The largest absolute Gasteiger partial charge is 0.489 e. The Bertz CT molecular complexity index is 635. The number of hydrogen-bond acceptors (Lipinski definition) is 2. The van der Waals surface area contributed by atoms with Gasteiger partial charge in [0.15, 0.2) is 0 Å². The summed E-state index contributed by atoms with van der Waals surface area (Å²) in [6, 6.07) is 16.8. The first-order valence-electron chi connectivity index (χ1n) is 9.00. The summed E-state index contributed by atoms with van der Waals surface area (Å²) in [5.41, 5.74) is 2.32. The first-order chi connectivity index (χ1) is 11.8. The molecule has 1 aliphatic carbocycles. The van der Waals surface area contributed by atoms with Gasteiger partial charge in [0.1, 0.15) is 12.4 Å². The summed E-state index contributed by atoms with van der Waals surface area (Å²) in [4.78, 5) is 0. The molecule has 1 aliphatic rings. The lowest BCUT2D eigenvalue weighted by Crippen LogP contribution is -2.28. The Morgan fingerprint density at radius 3 is 2.54 bits per heavy atom. The van der Waals surface area contributed by atoms with E-state index < -0.39 is 0 Å². The second kappa shape index (κ2) is 9.10. The van der Waals surface area contributed by atoms with Gasteiger partial charge >= 0.3 is 0 Å². The van der Waals surface area contributed by atoms with Crippen LogP contribution in [0.2, 0.25) is 5.02 Å². The van der Waals surface area contributed by atoms with Crippen LogP contribution in [0.3, 0.4) is 0 Å². The molecule has 0 atom stereocenters. The van der Waals surface area contributed by atoms with Crippen molar-refractivity contribution in [3.63, 3.8) is 0 Å². The molecule has 2 aromatic carbocycles. The van der Waals surface area contributed by atoms with E-state index in [0.29, 0.717) is 12.6 Å². The number of para-hydroxylation sites is 1. The Balaban J connectivity index is 1.58. The number of hydrogen-bond donors (Lipinski definition) is 1. The van der Waals surface area contributed by atoms with Crippen LogP contribution < -0.4 is 10.1 Å². The number of nitrogens with one attached hydrogen (secondary N) is 1. The smallest absolute Gasteiger partial charge is 0.124 e. The fourth-order valence-electron chi connectivity index (χ4n) is 3.32. The molecule has 0 saturated heterocycles. The molecule has 3 rings (SSSR count). The highest BCUT2D eigenvalue weighted by Gasteiger charge is 2.12. The zero-order chi connectivity index (χ0) is 16.6. The highest BCUT2D eigenvalue weighted by atomic mass is 35.5. The predicted molar refractivity (Wildman–Crippen MR) is 101 cm³/mol. The Kier molecular flexibility index (Phi) is 6.57. The van der Waals surface area contributed by atoms with Crippen molar-refractivity contribution in [3.05, 3.63) is 64.7 Å². The molecule has 0 spiro atoms. The van der Waals surface area contributed by atoms with Gasteiger partial charge in [0, 0.05) is 23.2 Å². The van der Waals surface area contributed by atoms with E-state index in [-0.39, 0.29) is 0 Å². The Morgan fingerprint density at radius 2 is 1.75 bits per heavy atom. The minimum Gasteiger partial charge on any atom is -0.489 e. The van der Waals surface area contributed by atoms with Gasteiger partial charge in [0.05, 0.1) is 0 Å². The molecule has 1 fully saturated rings. The molecule has 3 heteroatoms. The van der Waals surface area contributed by atoms with Crippen molar-refractivity contribution in [1.82, 2.24) is 5.32 Å². The highest BCUT2D eigenvalue weighted by molar-refractivity contribution is 6.30. The first kappa shape index (κ1) is 17.3. The third-order valence-electron chi connectivity index (χ3n) is 4.69. The second-order valence-corrected chi connectivity index (χ2v) is 7.03. The maximum atomic E-state index is 6.04. The molecule has 128 valence electrons. The lowest BCUT2D eigenvalue weighted by atomic mass is 10.1. The summed E-state index contributed by atoms with van der Waals surface area (Å²) in [6.45, 7) is 1.41. The summed E-state index contributed by atoms with van der Waals surface area (Å²) in [5, 5.41) is 4.47. The summed E-state index contributed by atoms with van der Waals surface area (Å²) in [7, 11) is 0. The maximum absolute atomic E-state index is 6.04. The van der Waals surface area contributed by atoms with Crippen LogP contribution in [0.4, 0.5) is 0 Å². The van der Waals surface area contributed by atoms with E-state index in [4.69, 9.17) is 16.3 Å². The van der Waals surface area contributed by atoms with Crippen molar-refractivity contribution in [3.8, 4) is 5.75 Å². The van der Waals surface area contributed by atoms with E-state index in [1.807, 2.05) is 30.3 Å². The number of rotatable bonds is 6. The molecule has 0 unspecified atom stereocenters. The van der Waals surface area contributed by atoms with Crippen molar-refractivity contribution < 1.29 is 4.74 Å². The minimum atomic E-state index is 0.543. The quantitative estimate of drug-likeness (QED) is 0.676. The molecular weight excluding hydrogens is 318 g/mol. The van der Waals surface area contributed by atoms with E-state index in [0.717, 1.165) is 22.9 Å². The minimum absolute atomic E-state index is 0.543. The summed E-state index contributed by atoms with van der Waals surface area (Å²) < 4.78 is 6.04. The van der Waals surface area contributed by atoms with Crippen LogP contribution in [0.5, 0.6) is 5.75 Å². The average Bonchev–Trinajstić information content (AvgIpc) is 2.88. The zero-order valence-electron chi connectivity index (χ0n) is 14.1. The summed E-state index contributed by atoms with van der Waals surface area (Å²) in [6.07, 6.45) is 8.07. The summed E-state index contributed by atoms with van der Waals surface area (Å²) >= 11 is 6.04. The molecule has 1 saturated carbocycles. The molecule has 0 heterocycles. The van der Waals surface area contributed by atoms with Crippen LogP contribution in [0.15, 0.2) is 48.5 Å². The Morgan fingerprint density at radius 1 is 0.958 bits per heavy atom. The van der Waals surface area contributed by atoms with Crippen LogP contribution >= 0.6 is 11.6 Å². The van der Waals surface area contributed by atoms with E-state index in [1.54, 1.807) is 0 Å². The molecule has 0 aromatic heterocycles. The van der Waals surface area contributed by atoms with Gasteiger partial charge in [0.2, 0.25) is 0 Å². The van der Waals surface area contributed by atoms with Crippen LogP contribution in [-0.2, 0) is 13.2 Å². The third kappa shape index (κ3) is 5.25. The van der Waals surface area contributed by atoms with E-state index in [2.05, 4.69) is 23.5 Å². The van der Waals surface area contributed by atoms with Crippen LogP contribution in [-0.4, -0.2) is 6.04 Å². The molecule has 2 nitrogen and oxygen atoms in total. The van der Waals surface area contributed by atoms with Gasteiger partial charge in [-0.05, 0) is 36.6 Å². The van der Waals surface area contributed by atoms with Gasteiger partial charge in [0.25, 0.3) is 0 Å². The van der Waals surface area contributed by atoms with Gasteiger partial charge < -0.3 is 10.1 Å². The zero-order valence-corrected chi connectivity index (χ0v) is 14.9. The molecule has 1 N–H and O–H groups in total. The van der Waals surface area contributed by atoms with Gasteiger partial charge in [-0.2, -0.15) is 0 Å². The lowest BCUT2D eigenvalue weighted by Gasteiger charge is -2.18. The second-order valence-electron chi connectivity index (χ2n) is 6.60. The Labute approximate surface area is 150 Å². The van der Waals surface area contributed by atoms with Crippen LogP contribution in [0, 0.1) is 0 Å². The number of ether oxygens (including phenoxy) is 1. The van der Waals surface area contributed by atoms with Crippen molar-refractivity contribution in [1.29, 1.82) is 0 Å². The first-order valence-corrected chi connectivity index (χ1v) is 9.37. The standard InChI is InChI=1S/C21H26ClNO/c22-19-10-7-8-17(14-19)16-24-21-13-6-5-9-18(21)15-23-20-11-3-1-2-4-12-20/h5-10,13-14,20,23H,1-4,11-12,15-16H2.